The lowest BCUT2D eigenvalue weighted by molar-refractivity contribution is -0.129. The second-order valence-electron chi connectivity index (χ2n) is 6.52. The molecule has 1 N–H and O–H groups in total. The SMILES string of the molecule is CCC(=O)N(C)CCc1noc(-c2ccc(C(=O)NCc3ccccn3)cc2)n1. The molecule has 8 nitrogen and oxygen atoms in total. The van der Waals surface area contributed by atoms with Gasteiger partial charge in [0, 0.05) is 43.8 Å². The van der Waals surface area contributed by atoms with Gasteiger partial charge in [-0.05, 0) is 36.4 Å². The first-order valence-electron chi connectivity index (χ1n) is 9.42. The number of likely N-dealkylation sites (N-methyl/N-ethyl adjacent to an activating group) is 1. The van der Waals surface area contributed by atoms with Gasteiger partial charge in [0.1, 0.15) is 0 Å². The minimum Gasteiger partial charge on any atom is -0.346 e. The van der Waals surface area contributed by atoms with Gasteiger partial charge in [0.15, 0.2) is 5.82 Å². The molecule has 0 bridgehead atoms. The van der Waals surface area contributed by atoms with E-state index in [0.29, 0.717) is 43.2 Å². The molecule has 0 saturated heterocycles. The molecule has 2 heterocycles. The van der Waals surface area contributed by atoms with E-state index in [-0.39, 0.29) is 11.8 Å². The van der Waals surface area contributed by atoms with Gasteiger partial charge in [0.05, 0.1) is 12.2 Å². The summed E-state index contributed by atoms with van der Waals surface area (Å²) >= 11 is 0. The lowest BCUT2D eigenvalue weighted by atomic mass is 10.1. The molecule has 2 amide bonds. The van der Waals surface area contributed by atoms with Gasteiger partial charge < -0.3 is 14.7 Å². The molecule has 0 radical (unpaired) electrons. The molecule has 0 aliphatic carbocycles. The Kier molecular flexibility index (Phi) is 6.67. The maximum absolute atomic E-state index is 12.3. The number of benzene rings is 1. The minimum absolute atomic E-state index is 0.0747. The van der Waals surface area contributed by atoms with Crippen molar-refractivity contribution in [3.05, 3.63) is 65.7 Å². The van der Waals surface area contributed by atoms with Crippen LogP contribution in [0.2, 0.25) is 0 Å². The summed E-state index contributed by atoms with van der Waals surface area (Å²) < 4.78 is 5.30. The molecule has 0 fully saturated rings. The maximum atomic E-state index is 12.3. The number of hydrogen-bond acceptors (Lipinski definition) is 6. The van der Waals surface area contributed by atoms with Gasteiger partial charge in [0.2, 0.25) is 5.91 Å². The number of hydrogen-bond donors (Lipinski definition) is 1. The van der Waals surface area contributed by atoms with Crippen molar-refractivity contribution in [1.29, 1.82) is 0 Å². The monoisotopic (exact) mass is 393 g/mol. The van der Waals surface area contributed by atoms with E-state index in [2.05, 4.69) is 20.4 Å². The first-order chi connectivity index (χ1) is 14.1. The van der Waals surface area contributed by atoms with Gasteiger partial charge in [-0.2, -0.15) is 4.98 Å². The molecule has 0 atom stereocenters. The number of amides is 2. The molecule has 150 valence electrons. The molecule has 2 aromatic heterocycles. The Labute approximate surface area is 169 Å². The van der Waals surface area contributed by atoms with Crippen LogP contribution in [0.4, 0.5) is 0 Å². The van der Waals surface area contributed by atoms with Crippen LogP contribution < -0.4 is 5.32 Å². The number of pyridine rings is 1. The second kappa shape index (κ2) is 9.59. The number of carbonyl (C=O) groups excluding carboxylic acids is 2. The van der Waals surface area contributed by atoms with E-state index in [1.54, 1.807) is 42.4 Å². The third-order valence-corrected chi connectivity index (χ3v) is 4.42. The summed E-state index contributed by atoms with van der Waals surface area (Å²) in [6.07, 6.45) is 2.67. The Balaban J connectivity index is 1.56. The summed E-state index contributed by atoms with van der Waals surface area (Å²) in [4.78, 5) is 34.1. The van der Waals surface area contributed by atoms with Crippen molar-refractivity contribution in [2.24, 2.45) is 0 Å². The van der Waals surface area contributed by atoms with Gasteiger partial charge in [-0.3, -0.25) is 14.6 Å². The molecule has 0 aliphatic heterocycles. The summed E-state index contributed by atoms with van der Waals surface area (Å²) in [5.74, 6) is 0.806. The van der Waals surface area contributed by atoms with E-state index in [1.165, 1.54) is 0 Å². The van der Waals surface area contributed by atoms with Crippen molar-refractivity contribution in [3.8, 4) is 11.5 Å². The molecular formula is C21H23N5O3. The smallest absolute Gasteiger partial charge is 0.257 e. The largest absolute Gasteiger partial charge is 0.346 e. The minimum atomic E-state index is -0.183. The highest BCUT2D eigenvalue weighted by Crippen LogP contribution is 2.18. The molecule has 3 aromatic rings. The Morgan fingerprint density at radius 3 is 2.62 bits per heavy atom. The fourth-order valence-corrected chi connectivity index (χ4v) is 2.67. The number of carbonyl (C=O) groups is 2. The van der Waals surface area contributed by atoms with Gasteiger partial charge in [-0.1, -0.05) is 18.1 Å². The number of nitrogens with zero attached hydrogens (tertiary/aromatic N) is 4. The molecule has 3 rings (SSSR count). The predicted molar refractivity (Wildman–Crippen MR) is 107 cm³/mol. The maximum Gasteiger partial charge on any atom is 0.257 e. The van der Waals surface area contributed by atoms with Crippen molar-refractivity contribution in [2.75, 3.05) is 13.6 Å². The molecule has 0 saturated carbocycles. The highest BCUT2D eigenvalue weighted by molar-refractivity contribution is 5.94. The fraction of sp³-hybridized carbons (Fsp3) is 0.286. The Morgan fingerprint density at radius 2 is 1.93 bits per heavy atom. The van der Waals surface area contributed by atoms with Crippen LogP contribution in [-0.4, -0.2) is 45.4 Å². The van der Waals surface area contributed by atoms with Crippen LogP contribution in [-0.2, 0) is 17.8 Å². The summed E-state index contributed by atoms with van der Waals surface area (Å²) in [6.45, 7) is 2.72. The zero-order valence-corrected chi connectivity index (χ0v) is 16.5. The van der Waals surface area contributed by atoms with Gasteiger partial charge in [0.25, 0.3) is 11.8 Å². The Bertz CT molecular complexity index is 954. The summed E-state index contributed by atoms with van der Waals surface area (Å²) in [5, 5.41) is 6.79. The summed E-state index contributed by atoms with van der Waals surface area (Å²) in [6, 6.07) is 12.5. The lowest BCUT2D eigenvalue weighted by Gasteiger charge is -2.14. The Morgan fingerprint density at radius 1 is 1.14 bits per heavy atom. The van der Waals surface area contributed by atoms with Crippen molar-refractivity contribution in [3.63, 3.8) is 0 Å². The number of aromatic nitrogens is 3. The fourth-order valence-electron chi connectivity index (χ4n) is 2.67. The van der Waals surface area contributed by atoms with Crippen LogP contribution in [0.15, 0.2) is 53.2 Å². The average Bonchev–Trinajstić information content (AvgIpc) is 3.25. The van der Waals surface area contributed by atoms with E-state index in [4.69, 9.17) is 4.52 Å². The van der Waals surface area contributed by atoms with E-state index in [1.807, 2.05) is 25.1 Å². The highest BCUT2D eigenvalue weighted by atomic mass is 16.5. The second-order valence-corrected chi connectivity index (χ2v) is 6.52. The van der Waals surface area contributed by atoms with Crippen molar-refractivity contribution in [2.45, 2.75) is 26.3 Å². The summed E-state index contributed by atoms with van der Waals surface area (Å²) in [5.41, 5.74) is 2.05. The normalized spacial score (nSPS) is 10.6. The van der Waals surface area contributed by atoms with E-state index >= 15 is 0 Å². The standard InChI is InChI=1S/C21H23N5O3/c1-3-19(27)26(2)13-11-18-24-21(29-25-18)16-9-7-15(8-10-16)20(28)23-14-17-6-4-5-12-22-17/h4-10,12H,3,11,13-14H2,1-2H3,(H,23,28). The first kappa shape index (κ1) is 20.2. The van der Waals surface area contributed by atoms with Crippen LogP contribution in [0.25, 0.3) is 11.5 Å². The molecule has 1 aromatic carbocycles. The molecule has 8 heteroatoms. The third kappa shape index (κ3) is 5.47. The van der Waals surface area contributed by atoms with Crippen molar-refractivity contribution >= 4 is 11.8 Å². The molecule has 0 unspecified atom stereocenters. The number of rotatable bonds is 8. The van der Waals surface area contributed by atoms with Crippen LogP contribution in [0.5, 0.6) is 0 Å². The highest BCUT2D eigenvalue weighted by Gasteiger charge is 2.12. The number of nitrogens with one attached hydrogen (secondary N) is 1. The topological polar surface area (TPSA) is 101 Å². The molecular weight excluding hydrogens is 370 g/mol. The quantitative estimate of drug-likeness (QED) is 0.631. The van der Waals surface area contributed by atoms with E-state index in [9.17, 15) is 9.59 Å². The van der Waals surface area contributed by atoms with Gasteiger partial charge in [-0.25, -0.2) is 0 Å². The lowest BCUT2D eigenvalue weighted by Crippen LogP contribution is -2.28. The van der Waals surface area contributed by atoms with E-state index in [0.717, 1.165) is 11.3 Å². The predicted octanol–water partition coefficient (Wildman–Crippen LogP) is 2.47. The molecule has 0 spiro atoms. The average molecular weight is 393 g/mol. The van der Waals surface area contributed by atoms with Gasteiger partial charge >= 0.3 is 0 Å². The van der Waals surface area contributed by atoms with Crippen molar-refractivity contribution in [1.82, 2.24) is 25.3 Å². The summed E-state index contributed by atoms with van der Waals surface area (Å²) in [7, 11) is 1.75. The van der Waals surface area contributed by atoms with E-state index < -0.39 is 0 Å². The Hall–Kier alpha value is -3.55. The zero-order valence-electron chi connectivity index (χ0n) is 16.5. The van der Waals surface area contributed by atoms with Crippen LogP contribution >= 0.6 is 0 Å². The van der Waals surface area contributed by atoms with Crippen LogP contribution in [0, 0.1) is 0 Å². The first-order valence-corrected chi connectivity index (χ1v) is 9.42. The van der Waals surface area contributed by atoms with Crippen LogP contribution in [0.3, 0.4) is 0 Å². The van der Waals surface area contributed by atoms with Crippen LogP contribution in [0.1, 0.15) is 35.2 Å². The van der Waals surface area contributed by atoms with Crippen molar-refractivity contribution < 1.29 is 14.1 Å². The third-order valence-electron chi connectivity index (χ3n) is 4.42. The van der Waals surface area contributed by atoms with Gasteiger partial charge in [-0.15, -0.1) is 0 Å². The molecule has 29 heavy (non-hydrogen) atoms. The zero-order chi connectivity index (χ0) is 20.6. The molecule has 0 aliphatic rings.